The van der Waals surface area contributed by atoms with Crippen LogP contribution in [0.3, 0.4) is 0 Å². The van der Waals surface area contributed by atoms with Gasteiger partial charge >= 0.3 is 5.97 Å². The fraction of sp³-hybridized carbons (Fsp3) is 0.100. The van der Waals surface area contributed by atoms with E-state index in [0.29, 0.717) is 0 Å². The summed E-state index contributed by atoms with van der Waals surface area (Å²) in [5, 5.41) is 8.91. The second-order valence-electron chi connectivity index (χ2n) is 5.48. The molecule has 2 aromatic carbocycles. The lowest BCUT2D eigenvalue weighted by Crippen LogP contribution is -1.98. The number of benzene rings is 2. The Morgan fingerprint density at radius 2 is 1.79 bits per heavy atom. The van der Waals surface area contributed by atoms with Crippen molar-refractivity contribution < 1.29 is 9.90 Å². The van der Waals surface area contributed by atoms with Crippen LogP contribution in [0.1, 0.15) is 32.6 Å². The molecular formula is C20H16N2O2. The van der Waals surface area contributed by atoms with Crippen molar-refractivity contribution in [2.24, 2.45) is 0 Å². The van der Waals surface area contributed by atoms with Gasteiger partial charge in [0, 0.05) is 29.2 Å². The summed E-state index contributed by atoms with van der Waals surface area (Å²) in [6, 6.07) is 10.6. The summed E-state index contributed by atoms with van der Waals surface area (Å²) in [6.07, 6.45) is 5.44. The summed E-state index contributed by atoms with van der Waals surface area (Å²) in [5.41, 5.74) is 5.37. The molecule has 4 heteroatoms. The number of aromatic nitrogens is 2. The predicted octanol–water partition coefficient (Wildman–Crippen LogP) is 3.59. The van der Waals surface area contributed by atoms with E-state index < -0.39 is 5.97 Å². The number of carbonyl (C=O) groups is 1. The molecule has 1 heterocycles. The molecule has 3 aromatic rings. The van der Waals surface area contributed by atoms with Crippen LogP contribution in [0.4, 0.5) is 0 Å². The van der Waals surface area contributed by atoms with Crippen molar-refractivity contribution in [2.45, 2.75) is 13.8 Å². The number of carboxylic acids is 1. The van der Waals surface area contributed by atoms with Crippen LogP contribution in [0, 0.1) is 25.7 Å². The molecule has 0 spiro atoms. The monoisotopic (exact) mass is 316 g/mol. The normalized spacial score (nSPS) is 10.1. The van der Waals surface area contributed by atoms with E-state index in [9.17, 15) is 4.79 Å². The lowest BCUT2D eigenvalue weighted by atomic mass is 10.0. The third-order valence-electron chi connectivity index (χ3n) is 4.01. The molecule has 0 aliphatic carbocycles. The Hall–Kier alpha value is -3.32. The van der Waals surface area contributed by atoms with Gasteiger partial charge in [-0.3, -0.25) is 0 Å². The Kier molecular flexibility index (Phi) is 4.17. The third-order valence-corrected chi connectivity index (χ3v) is 4.01. The Bertz CT molecular complexity index is 944. The van der Waals surface area contributed by atoms with Gasteiger partial charge in [-0.05, 0) is 61.4 Å². The second kappa shape index (κ2) is 6.43. The zero-order chi connectivity index (χ0) is 17.1. The summed E-state index contributed by atoms with van der Waals surface area (Å²) in [6.45, 7) is 4.12. The first kappa shape index (κ1) is 15.6. The van der Waals surface area contributed by atoms with Gasteiger partial charge in [-0.15, -0.1) is 0 Å². The molecule has 0 atom stereocenters. The highest BCUT2D eigenvalue weighted by molar-refractivity contribution is 5.87. The molecule has 1 aromatic heterocycles. The molecular weight excluding hydrogens is 300 g/mol. The van der Waals surface area contributed by atoms with Crippen LogP contribution in [-0.2, 0) is 0 Å². The Morgan fingerprint density at radius 1 is 1.04 bits per heavy atom. The predicted molar refractivity (Wildman–Crippen MR) is 92.4 cm³/mol. The number of imidazole rings is 1. The van der Waals surface area contributed by atoms with E-state index in [1.807, 2.05) is 29.8 Å². The van der Waals surface area contributed by atoms with Crippen LogP contribution >= 0.6 is 0 Å². The zero-order valence-corrected chi connectivity index (χ0v) is 13.4. The van der Waals surface area contributed by atoms with Crippen molar-refractivity contribution in [1.82, 2.24) is 9.55 Å². The highest BCUT2D eigenvalue weighted by Gasteiger charge is 2.06. The summed E-state index contributed by atoms with van der Waals surface area (Å²) < 4.78 is 1.98. The maximum absolute atomic E-state index is 10.9. The van der Waals surface area contributed by atoms with E-state index in [2.05, 4.69) is 23.7 Å². The van der Waals surface area contributed by atoms with Gasteiger partial charge in [-0.1, -0.05) is 11.8 Å². The Labute approximate surface area is 140 Å². The largest absolute Gasteiger partial charge is 0.478 e. The first-order chi connectivity index (χ1) is 11.6. The molecule has 3 rings (SSSR count). The van der Waals surface area contributed by atoms with Gasteiger partial charge in [0.1, 0.15) is 0 Å². The van der Waals surface area contributed by atoms with Gasteiger partial charge < -0.3 is 9.67 Å². The standard InChI is InChI=1S/C20H16N2O2/c1-14-15(2)19(22-12-11-21-13-22)10-9-17(14)6-3-16-4-7-18(8-5-16)20(23)24/h4-5,7-13H,1-2H3,(H,23,24). The number of aromatic carboxylic acids is 1. The maximum atomic E-state index is 10.9. The first-order valence-corrected chi connectivity index (χ1v) is 7.50. The van der Waals surface area contributed by atoms with Crippen LogP contribution in [0.2, 0.25) is 0 Å². The fourth-order valence-corrected chi connectivity index (χ4v) is 2.46. The molecule has 0 bridgehead atoms. The van der Waals surface area contributed by atoms with Gasteiger partial charge in [-0.25, -0.2) is 9.78 Å². The van der Waals surface area contributed by atoms with Crippen molar-refractivity contribution >= 4 is 5.97 Å². The second-order valence-corrected chi connectivity index (χ2v) is 5.48. The summed E-state index contributed by atoms with van der Waals surface area (Å²) in [4.78, 5) is 14.9. The molecule has 0 saturated carbocycles. The Morgan fingerprint density at radius 3 is 2.42 bits per heavy atom. The number of nitrogens with zero attached hydrogens (tertiary/aromatic N) is 2. The lowest BCUT2D eigenvalue weighted by molar-refractivity contribution is 0.0697. The quantitative estimate of drug-likeness (QED) is 0.735. The highest BCUT2D eigenvalue weighted by atomic mass is 16.4. The smallest absolute Gasteiger partial charge is 0.335 e. The molecule has 24 heavy (non-hydrogen) atoms. The zero-order valence-electron chi connectivity index (χ0n) is 13.4. The van der Waals surface area contributed by atoms with Gasteiger partial charge in [0.05, 0.1) is 11.9 Å². The van der Waals surface area contributed by atoms with Crippen molar-refractivity contribution in [2.75, 3.05) is 0 Å². The maximum Gasteiger partial charge on any atom is 0.335 e. The SMILES string of the molecule is Cc1c(C#Cc2ccc(C(=O)O)cc2)ccc(-n2ccnc2)c1C. The lowest BCUT2D eigenvalue weighted by Gasteiger charge is -2.11. The van der Waals surface area contributed by atoms with E-state index >= 15 is 0 Å². The molecule has 1 N–H and O–H groups in total. The molecule has 0 radical (unpaired) electrons. The van der Waals surface area contributed by atoms with E-state index in [1.54, 1.807) is 36.8 Å². The number of hydrogen-bond donors (Lipinski definition) is 1. The van der Waals surface area contributed by atoms with E-state index in [-0.39, 0.29) is 5.56 Å². The van der Waals surface area contributed by atoms with Crippen LogP contribution < -0.4 is 0 Å². The van der Waals surface area contributed by atoms with Crippen LogP contribution in [0.25, 0.3) is 5.69 Å². The van der Waals surface area contributed by atoms with Crippen molar-refractivity contribution in [3.8, 4) is 17.5 Å². The van der Waals surface area contributed by atoms with E-state index in [4.69, 9.17) is 5.11 Å². The summed E-state index contributed by atoms with van der Waals surface area (Å²) in [7, 11) is 0. The third kappa shape index (κ3) is 3.06. The number of carboxylic acid groups (broad SMARTS) is 1. The molecule has 0 amide bonds. The minimum absolute atomic E-state index is 0.261. The first-order valence-electron chi connectivity index (χ1n) is 7.50. The van der Waals surface area contributed by atoms with Gasteiger partial charge in [-0.2, -0.15) is 0 Å². The summed E-state index contributed by atoms with van der Waals surface area (Å²) in [5.74, 6) is 5.32. The Balaban J connectivity index is 1.92. The van der Waals surface area contributed by atoms with Gasteiger partial charge in [0.2, 0.25) is 0 Å². The highest BCUT2D eigenvalue weighted by Crippen LogP contribution is 2.20. The van der Waals surface area contributed by atoms with Crippen molar-refractivity contribution in [3.63, 3.8) is 0 Å². The molecule has 0 aliphatic rings. The summed E-state index contributed by atoms with van der Waals surface area (Å²) >= 11 is 0. The number of hydrogen-bond acceptors (Lipinski definition) is 2. The van der Waals surface area contributed by atoms with Crippen molar-refractivity contribution in [1.29, 1.82) is 0 Å². The molecule has 0 aliphatic heterocycles. The molecule has 0 fully saturated rings. The number of rotatable bonds is 2. The van der Waals surface area contributed by atoms with E-state index in [0.717, 1.165) is 27.9 Å². The van der Waals surface area contributed by atoms with Crippen LogP contribution in [0.5, 0.6) is 0 Å². The topological polar surface area (TPSA) is 55.1 Å². The minimum atomic E-state index is -0.934. The van der Waals surface area contributed by atoms with E-state index in [1.165, 1.54) is 0 Å². The molecule has 118 valence electrons. The van der Waals surface area contributed by atoms with Gasteiger partial charge in [0.15, 0.2) is 0 Å². The molecule has 0 unspecified atom stereocenters. The van der Waals surface area contributed by atoms with Crippen molar-refractivity contribution in [3.05, 3.63) is 82.9 Å². The minimum Gasteiger partial charge on any atom is -0.478 e. The van der Waals surface area contributed by atoms with Crippen LogP contribution in [-0.4, -0.2) is 20.6 Å². The fourth-order valence-electron chi connectivity index (χ4n) is 2.46. The average Bonchev–Trinajstić information content (AvgIpc) is 3.11. The average molecular weight is 316 g/mol. The molecule has 0 saturated heterocycles. The molecule has 4 nitrogen and oxygen atoms in total. The van der Waals surface area contributed by atoms with Gasteiger partial charge in [0.25, 0.3) is 0 Å². The van der Waals surface area contributed by atoms with Crippen LogP contribution in [0.15, 0.2) is 55.1 Å².